The summed E-state index contributed by atoms with van der Waals surface area (Å²) in [5.41, 5.74) is 1.19. The Hall–Kier alpha value is -1.02. The van der Waals surface area contributed by atoms with E-state index in [-0.39, 0.29) is 16.6 Å². The Bertz CT molecular complexity index is 332. The van der Waals surface area contributed by atoms with Gasteiger partial charge in [-0.3, -0.25) is 4.79 Å². The number of aryl methyl sites for hydroxylation is 1. The molecule has 0 aliphatic carbocycles. The highest BCUT2D eigenvalue weighted by molar-refractivity contribution is 6.35. The van der Waals surface area contributed by atoms with Crippen LogP contribution in [0.1, 0.15) is 22.8 Å². The number of hydrogen-bond acceptors (Lipinski definition) is 2. The van der Waals surface area contributed by atoms with Crippen LogP contribution in [-0.2, 0) is 0 Å². The molecule has 0 aliphatic rings. The van der Waals surface area contributed by atoms with E-state index in [1.54, 1.807) is 13.0 Å². The molecule has 0 saturated carbocycles. The molecule has 0 radical (unpaired) electrons. The van der Waals surface area contributed by atoms with E-state index >= 15 is 0 Å². The zero-order chi connectivity index (χ0) is 9.30. The van der Waals surface area contributed by atoms with E-state index < -0.39 is 0 Å². The second-order valence-corrected chi connectivity index (χ2v) is 3.08. The predicted octanol–water partition coefficient (Wildman–Crippen LogP) is 2.56. The molecule has 3 heteroatoms. The highest BCUT2D eigenvalue weighted by Gasteiger charge is 2.09. The fourth-order valence-corrected chi connectivity index (χ4v) is 1.25. The average molecular weight is 185 g/mol. The molecule has 0 spiro atoms. The zero-order valence-corrected chi connectivity index (χ0v) is 7.64. The molecule has 0 amide bonds. The first-order valence-corrected chi connectivity index (χ1v) is 3.90. The number of Topliss-reactive ketones (excluding diaryl/α,β-unsaturated/α-hetero) is 1. The largest absolute Gasteiger partial charge is 0.506 e. The summed E-state index contributed by atoms with van der Waals surface area (Å²) in [6.45, 7) is 3.21. The van der Waals surface area contributed by atoms with E-state index in [0.717, 1.165) is 5.56 Å². The molecule has 0 aliphatic heterocycles. The molecule has 1 aromatic carbocycles. The van der Waals surface area contributed by atoms with Gasteiger partial charge in [0.05, 0.1) is 5.02 Å². The molecule has 0 atom stereocenters. The summed E-state index contributed by atoms with van der Waals surface area (Å²) in [6.07, 6.45) is 0. The van der Waals surface area contributed by atoms with Crippen molar-refractivity contribution in [3.8, 4) is 5.75 Å². The molecule has 0 heterocycles. The summed E-state index contributed by atoms with van der Waals surface area (Å²) in [4.78, 5) is 11.0. The number of phenols is 1. The van der Waals surface area contributed by atoms with Gasteiger partial charge in [-0.2, -0.15) is 0 Å². The van der Waals surface area contributed by atoms with Gasteiger partial charge in [-0.05, 0) is 31.5 Å². The van der Waals surface area contributed by atoms with E-state index in [1.165, 1.54) is 13.0 Å². The summed E-state index contributed by atoms with van der Waals surface area (Å²) < 4.78 is 0. The van der Waals surface area contributed by atoms with Gasteiger partial charge in [0.1, 0.15) is 5.75 Å². The van der Waals surface area contributed by atoms with Gasteiger partial charge in [-0.15, -0.1) is 0 Å². The number of carbonyl (C=O) groups is 1. The van der Waals surface area contributed by atoms with Crippen molar-refractivity contribution < 1.29 is 9.90 Å². The topological polar surface area (TPSA) is 37.3 Å². The highest BCUT2D eigenvalue weighted by Crippen LogP contribution is 2.28. The minimum atomic E-state index is -0.140. The standard InChI is InChI=1S/C9H9ClO2/c1-5-3-7(6(2)11)9(10)8(12)4-5/h3-4,12H,1-2H3. The number of halogens is 1. The zero-order valence-electron chi connectivity index (χ0n) is 6.89. The van der Waals surface area contributed by atoms with E-state index in [4.69, 9.17) is 11.6 Å². The first-order valence-electron chi connectivity index (χ1n) is 3.52. The maximum Gasteiger partial charge on any atom is 0.161 e. The molecule has 2 nitrogen and oxygen atoms in total. The summed E-state index contributed by atoms with van der Waals surface area (Å²) >= 11 is 5.69. The fourth-order valence-electron chi connectivity index (χ4n) is 1.01. The molecule has 1 rings (SSSR count). The van der Waals surface area contributed by atoms with Crippen molar-refractivity contribution in [3.63, 3.8) is 0 Å². The van der Waals surface area contributed by atoms with Crippen molar-refractivity contribution in [1.29, 1.82) is 0 Å². The second-order valence-electron chi connectivity index (χ2n) is 2.70. The molecule has 0 bridgehead atoms. The summed E-state index contributed by atoms with van der Waals surface area (Å²) in [5, 5.41) is 9.38. The number of rotatable bonds is 1. The van der Waals surface area contributed by atoms with Gasteiger partial charge in [0.2, 0.25) is 0 Å². The number of carbonyl (C=O) groups excluding carboxylic acids is 1. The van der Waals surface area contributed by atoms with Gasteiger partial charge in [-0.25, -0.2) is 0 Å². The lowest BCUT2D eigenvalue weighted by Crippen LogP contribution is -1.94. The number of aromatic hydroxyl groups is 1. The summed E-state index contributed by atoms with van der Waals surface area (Å²) in [7, 11) is 0. The van der Waals surface area contributed by atoms with E-state index in [0.29, 0.717) is 5.56 Å². The Labute approximate surface area is 75.8 Å². The summed E-state index contributed by atoms with van der Waals surface area (Å²) in [5.74, 6) is -0.180. The highest BCUT2D eigenvalue weighted by atomic mass is 35.5. The van der Waals surface area contributed by atoms with Crippen LogP contribution in [-0.4, -0.2) is 10.9 Å². The Morgan fingerprint density at radius 3 is 2.58 bits per heavy atom. The molecule has 0 saturated heterocycles. The first-order chi connectivity index (χ1) is 5.52. The Balaban J connectivity index is 3.37. The molecule has 12 heavy (non-hydrogen) atoms. The number of phenolic OH excluding ortho intramolecular Hbond substituents is 1. The Morgan fingerprint density at radius 2 is 2.08 bits per heavy atom. The van der Waals surface area contributed by atoms with E-state index in [1.807, 2.05) is 0 Å². The van der Waals surface area contributed by atoms with Crippen LogP contribution in [0.5, 0.6) is 5.75 Å². The molecular weight excluding hydrogens is 176 g/mol. The Kier molecular flexibility index (Phi) is 2.38. The molecule has 1 N–H and O–H groups in total. The maximum absolute atomic E-state index is 11.0. The van der Waals surface area contributed by atoms with Crippen LogP contribution in [0.15, 0.2) is 12.1 Å². The minimum Gasteiger partial charge on any atom is -0.506 e. The van der Waals surface area contributed by atoms with Gasteiger partial charge < -0.3 is 5.11 Å². The van der Waals surface area contributed by atoms with Crippen LogP contribution in [0.2, 0.25) is 5.02 Å². The normalized spacial score (nSPS) is 9.92. The van der Waals surface area contributed by atoms with Crippen molar-refractivity contribution in [3.05, 3.63) is 28.3 Å². The minimum absolute atomic E-state index is 0.0399. The predicted molar refractivity (Wildman–Crippen MR) is 47.9 cm³/mol. The first kappa shape index (κ1) is 9.07. The van der Waals surface area contributed by atoms with Gasteiger partial charge in [0.15, 0.2) is 5.78 Å². The van der Waals surface area contributed by atoms with Gasteiger partial charge in [0, 0.05) is 5.56 Å². The molecule has 0 unspecified atom stereocenters. The van der Waals surface area contributed by atoms with Crippen molar-refractivity contribution in [1.82, 2.24) is 0 Å². The fraction of sp³-hybridized carbons (Fsp3) is 0.222. The monoisotopic (exact) mass is 184 g/mol. The Morgan fingerprint density at radius 1 is 1.50 bits per heavy atom. The third-order valence-corrected chi connectivity index (χ3v) is 1.97. The summed E-state index contributed by atoms with van der Waals surface area (Å²) in [6, 6.07) is 3.18. The molecule has 64 valence electrons. The van der Waals surface area contributed by atoms with Crippen molar-refractivity contribution >= 4 is 17.4 Å². The van der Waals surface area contributed by atoms with Gasteiger partial charge in [0.25, 0.3) is 0 Å². The van der Waals surface area contributed by atoms with Crippen LogP contribution < -0.4 is 0 Å². The average Bonchev–Trinajstić information content (AvgIpc) is 1.96. The maximum atomic E-state index is 11.0. The van der Waals surface area contributed by atoms with Gasteiger partial charge in [-0.1, -0.05) is 11.6 Å². The van der Waals surface area contributed by atoms with Crippen LogP contribution >= 0.6 is 11.6 Å². The van der Waals surface area contributed by atoms with Crippen molar-refractivity contribution in [2.45, 2.75) is 13.8 Å². The smallest absolute Gasteiger partial charge is 0.161 e. The van der Waals surface area contributed by atoms with Crippen LogP contribution in [0.25, 0.3) is 0 Å². The van der Waals surface area contributed by atoms with E-state index in [2.05, 4.69) is 0 Å². The van der Waals surface area contributed by atoms with Crippen molar-refractivity contribution in [2.75, 3.05) is 0 Å². The lowest BCUT2D eigenvalue weighted by molar-refractivity contribution is 0.101. The molecule has 0 aromatic heterocycles. The SMILES string of the molecule is CC(=O)c1cc(C)cc(O)c1Cl. The van der Waals surface area contributed by atoms with Crippen LogP contribution in [0, 0.1) is 6.92 Å². The molecule has 0 fully saturated rings. The number of benzene rings is 1. The lowest BCUT2D eigenvalue weighted by Gasteiger charge is -2.03. The number of ketones is 1. The van der Waals surface area contributed by atoms with Crippen LogP contribution in [0.4, 0.5) is 0 Å². The third kappa shape index (κ3) is 1.59. The third-order valence-electron chi connectivity index (χ3n) is 1.58. The second kappa shape index (κ2) is 3.15. The number of hydrogen-bond donors (Lipinski definition) is 1. The van der Waals surface area contributed by atoms with Crippen molar-refractivity contribution in [2.24, 2.45) is 0 Å². The quantitative estimate of drug-likeness (QED) is 0.682. The molecular formula is C9H9ClO2. The van der Waals surface area contributed by atoms with Gasteiger partial charge >= 0.3 is 0 Å². The van der Waals surface area contributed by atoms with E-state index in [9.17, 15) is 9.90 Å². The molecule has 1 aromatic rings. The lowest BCUT2D eigenvalue weighted by atomic mass is 10.1. The van der Waals surface area contributed by atoms with Crippen LogP contribution in [0.3, 0.4) is 0 Å².